The summed E-state index contributed by atoms with van der Waals surface area (Å²) in [5.74, 6) is 2.26. The van der Waals surface area contributed by atoms with E-state index in [4.69, 9.17) is 25.8 Å². The van der Waals surface area contributed by atoms with Crippen molar-refractivity contribution in [1.82, 2.24) is 5.32 Å². The molecule has 6 heteroatoms. The van der Waals surface area contributed by atoms with Crippen LogP contribution in [0.4, 0.5) is 0 Å². The Hall–Kier alpha value is -2.40. The molecule has 0 amide bonds. The van der Waals surface area contributed by atoms with Crippen molar-refractivity contribution in [2.75, 3.05) is 20.8 Å². The lowest BCUT2D eigenvalue weighted by Gasteiger charge is -2.17. The molecule has 30 heavy (non-hydrogen) atoms. The Bertz CT molecular complexity index is 920. The molecule has 0 atom stereocenters. The molecule has 3 aromatic carbocycles. The number of benzene rings is 3. The molecule has 0 bridgehead atoms. The molecule has 0 heterocycles. The lowest BCUT2D eigenvalue weighted by molar-refractivity contribution is 0.280. The highest BCUT2D eigenvalue weighted by Crippen LogP contribution is 2.35. The van der Waals surface area contributed by atoms with Crippen LogP contribution in [-0.4, -0.2) is 20.8 Å². The Kier molecular flexibility index (Phi) is 9.81. The van der Waals surface area contributed by atoms with Crippen LogP contribution < -0.4 is 19.5 Å². The minimum Gasteiger partial charge on any atom is -0.496 e. The first-order valence-electron chi connectivity index (χ1n) is 9.57. The van der Waals surface area contributed by atoms with Crippen LogP contribution in [0.3, 0.4) is 0 Å². The van der Waals surface area contributed by atoms with Gasteiger partial charge in [-0.3, -0.25) is 0 Å². The van der Waals surface area contributed by atoms with Gasteiger partial charge >= 0.3 is 0 Å². The zero-order valence-corrected chi connectivity index (χ0v) is 18.8. The third-order valence-corrected chi connectivity index (χ3v) is 4.84. The van der Waals surface area contributed by atoms with Crippen molar-refractivity contribution in [1.29, 1.82) is 0 Å². The summed E-state index contributed by atoms with van der Waals surface area (Å²) in [6.45, 7) is 1.89. The predicted octanol–water partition coefficient (Wildman–Crippen LogP) is 5.69. The standard InChI is InChI=1S/C24H26ClNO3.ClH/c1-27-22-11-7-6-10-19(22)12-13-26-16-20-14-21(25)15-23(28-2)24(20)29-17-18-8-4-3-5-9-18;/h3-11,14-15,26H,12-13,16-17H2,1-2H3;1H. The molecule has 3 aromatic rings. The zero-order chi connectivity index (χ0) is 20.5. The van der Waals surface area contributed by atoms with Crippen molar-refractivity contribution in [2.45, 2.75) is 19.6 Å². The third-order valence-electron chi connectivity index (χ3n) is 4.62. The third kappa shape index (κ3) is 6.56. The summed E-state index contributed by atoms with van der Waals surface area (Å²) in [4.78, 5) is 0. The molecular formula is C24H27Cl2NO3. The summed E-state index contributed by atoms with van der Waals surface area (Å²) in [6.07, 6.45) is 0.863. The fourth-order valence-electron chi connectivity index (χ4n) is 3.15. The molecule has 1 N–H and O–H groups in total. The van der Waals surface area contributed by atoms with Gasteiger partial charge in [-0.1, -0.05) is 60.1 Å². The fraction of sp³-hybridized carbons (Fsp3) is 0.250. The normalized spacial score (nSPS) is 10.2. The van der Waals surface area contributed by atoms with Crippen molar-refractivity contribution < 1.29 is 14.2 Å². The van der Waals surface area contributed by atoms with Gasteiger partial charge in [0.05, 0.1) is 14.2 Å². The number of methoxy groups -OCH3 is 2. The Labute approximate surface area is 189 Å². The van der Waals surface area contributed by atoms with Gasteiger partial charge in [0.25, 0.3) is 0 Å². The Morgan fingerprint density at radius 2 is 1.53 bits per heavy atom. The van der Waals surface area contributed by atoms with Crippen LogP contribution >= 0.6 is 24.0 Å². The second kappa shape index (κ2) is 12.3. The summed E-state index contributed by atoms with van der Waals surface area (Å²) in [5.41, 5.74) is 3.23. The van der Waals surface area contributed by atoms with Gasteiger partial charge in [0.2, 0.25) is 0 Å². The molecule has 3 rings (SSSR count). The molecule has 0 unspecified atom stereocenters. The maximum atomic E-state index is 6.29. The van der Waals surface area contributed by atoms with Gasteiger partial charge in [-0.25, -0.2) is 0 Å². The molecule has 0 fully saturated rings. The second-order valence-corrected chi connectivity index (χ2v) is 7.05. The maximum Gasteiger partial charge on any atom is 0.166 e. The van der Waals surface area contributed by atoms with E-state index >= 15 is 0 Å². The van der Waals surface area contributed by atoms with Crippen LogP contribution in [0.5, 0.6) is 17.2 Å². The largest absolute Gasteiger partial charge is 0.496 e. The number of para-hydroxylation sites is 1. The molecule has 0 spiro atoms. The van der Waals surface area contributed by atoms with E-state index in [2.05, 4.69) is 11.4 Å². The van der Waals surface area contributed by atoms with Gasteiger partial charge in [-0.05, 0) is 36.2 Å². The summed E-state index contributed by atoms with van der Waals surface area (Å²) >= 11 is 6.29. The summed E-state index contributed by atoms with van der Waals surface area (Å²) in [5, 5.41) is 4.09. The van der Waals surface area contributed by atoms with Crippen LogP contribution in [-0.2, 0) is 19.6 Å². The lowest BCUT2D eigenvalue weighted by Crippen LogP contribution is -2.18. The van der Waals surface area contributed by atoms with Crippen LogP contribution in [0.1, 0.15) is 16.7 Å². The van der Waals surface area contributed by atoms with Crippen LogP contribution in [0.25, 0.3) is 0 Å². The van der Waals surface area contributed by atoms with E-state index in [9.17, 15) is 0 Å². The molecule has 160 valence electrons. The van der Waals surface area contributed by atoms with E-state index in [0.29, 0.717) is 29.7 Å². The van der Waals surface area contributed by atoms with Crippen molar-refractivity contribution in [3.63, 3.8) is 0 Å². The first-order chi connectivity index (χ1) is 14.2. The Balaban J connectivity index is 0.00000320. The number of hydrogen-bond acceptors (Lipinski definition) is 4. The van der Waals surface area contributed by atoms with Gasteiger partial charge in [0.1, 0.15) is 12.4 Å². The van der Waals surface area contributed by atoms with Crippen LogP contribution in [0, 0.1) is 0 Å². The van der Waals surface area contributed by atoms with E-state index in [-0.39, 0.29) is 12.4 Å². The predicted molar refractivity (Wildman–Crippen MR) is 124 cm³/mol. The summed E-state index contributed by atoms with van der Waals surface area (Å²) < 4.78 is 17.0. The van der Waals surface area contributed by atoms with E-state index in [1.165, 1.54) is 5.56 Å². The number of rotatable bonds is 10. The first-order valence-corrected chi connectivity index (χ1v) is 9.94. The minimum absolute atomic E-state index is 0. The van der Waals surface area contributed by atoms with Gasteiger partial charge in [0, 0.05) is 23.2 Å². The zero-order valence-electron chi connectivity index (χ0n) is 17.2. The number of nitrogens with one attached hydrogen (secondary N) is 1. The van der Waals surface area contributed by atoms with Gasteiger partial charge in [-0.2, -0.15) is 0 Å². The fourth-order valence-corrected chi connectivity index (χ4v) is 3.39. The molecule has 0 radical (unpaired) electrons. The van der Waals surface area contributed by atoms with E-state index in [0.717, 1.165) is 29.8 Å². The van der Waals surface area contributed by atoms with E-state index in [1.807, 2.05) is 54.6 Å². The summed E-state index contributed by atoms with van der Waals surface area (Å²) in [7, 11) is 3.32. The van der Waals surface area contributed by atoms with Gasteiger partial charge < -0.3 is 19.5 Å². The molecule has 0 aromatic heterocycles. The summed E-state index contributed by atoms with van der Waals surface area (Å²) in [6, 6.07) is 21.8. The molecular weight excluding hydrogens is 421 g/mol. The molecule has 4 nitrogen and oxygen atoms in total. The lowest BCUT2D eigenvalue weighted by atomic mass is 10.1. The highest BCUT2D eigenvalue weighted by atomic mass is 35.5. The quantitative estimate of drug-likeness (QED) is 0.405. The topological polar surface area (TPSA) is 39.7 Å². The van der Waals surface area contributed by atoms with Crippen molar-refractivity contribution >= 4 is 24.0 Å². The average Bonchev–Trinajstić information content (AvgIpc) is 2.76. The number of hydrogen-bond donors (Lipinski definition) is 1. The maximum absolute atomic E-state index is 6.29. The molecule has 0 saturated carbocycles. The van der Waals surface area contributed by atoms with Crippen molar-refractivity contribution in [3.05, 3.63) is 88.4 Å². The Morgan fingerprint density at radius 3 is 2.27 bits per heavy atom. The minimum atomic E-state index is 0. The molecule has 0 aliphatic rings. The van der Waals surface area contributed by atoms with Crippen LogP contribution in [0.15, 0.2) is 66.7 Å². The van der Waals surface area contributed by atoms with Gasteiger partial charge in [-0.15, -0.1) is 12.4 Å². The second-order valence-electron chi connectivity index (χ2n) is 6.61. The SMILES string of the molecule is COc1ccccc1CCNCc1cc(Cl)cc(OC)c1OCc1ccccc1.Cl. The van der Waals surface area contributed by atoms with Crippen LogP contribution in [0.2, 0.25) is 5.02 Å². The highest BCUT2D eigenvalue weighted by molar-refractivity contribution is 6.30. The first kappa shape index (κ1) is 23.9. The number of ether oxygens (including phenoxy) is 3. The average molecular weight is 448 g/mol. The molecule has 0 saturated heterocycles. The van der Waals surface area contributed by atoms with Crippen molar-refractivity contribution in [2.24, 2.45) is 0 Å². The van der Waals surface area contributed by atoms with E-state index in [1.54, 1.807) is 20.3 Å². The molecule has 0 aliphatic carbocycles. The van der Waals surface area contributed by atoms with Gasteiger partial charge in [0.15, 0.2) is 11.5 Å². The Morgan fingerprint density at radius 1 is 0.833 bits per heavy atom. The van der Waals surface area contributed by atoms with Crippen molar-refractivity contribution in [3.8, 4) is 17.2 Å². The highest BCUT2D eigenvalue weighted by Gasteiger charge is 2.13. The van der Waals surface area contributed by atoms with E-state index < -0.39 is 0 Å². The number of halogens is 2. The monoisotopic (exact) mass is 447 g/mol. The molecule has 0 aliphatic heterocycles. The smallest absolute Gasteiger partial charge is 0.166 e.